The zero-order chi connectivity index (χ0) is 13.8. The lowest BCUT2D eigenvalue weighted by molar-refractivity contribution is -0.145. The Labute approximate surface area is 116 Å². The lowest BCUT2D eigenvalue weighted by Crippen LogP contribution is -2.19. The molecule has 0 aliphatic rings. The maximum absolute atomic E-state index is 11.3. The summed E-state index contributed by atoms with van der Waals surface area (Å²) in [5.41, 5.74) is 0.648. The van der Waals surface area contributed by atoms with Gasteiger partial charge < -0.3 is 9.47 Å². The van der Waals surface area contributed by atoms with Crippen LogP contribution in [0.5, 0.6) is 5.75 Å². The fourth-order valence-electron chi connectivity index (χ4n) is 1.43. The molecule has 4 nitrogen and oxygen atoms in total. The third kappa shape index (κ3) is 3.98. The van der Waals surface area contributed by atoms with Gasteiger partial charge in [-0.1, -0.05) is 20.8 Å². The highest BCUT2D eigenvalue weighted by Gasteiger charge is 2.23. The van der Waals surface area contributed by atoms with Crippen molar-refractivity contribution < 1.29 is 14.3 Å². The maximum Gasteiger partial charge on any atom is 0.344 e. The van der Waals surface area contributed by atoms with Crippen LogP contribution >= 0.6 is 15.9 Å². The second-order valence-electron chi connectivity index (χ2n) is 4.81. The number of rotatable bonds is 4. The van der Waals surface area contributed by atoms with Crippen molar-refractivity contribution in [2.45, 2.75) is 33.1 Å². The molecule has 0 saturated carbocycles. The summed E-state index contributed by atoms with van der Waals surface area (Å²) < 4.78 is 11.1. The number of hydrogen-bond acceptors (Lipinski definition) is 4. The van der Waals surface area contributed by atoms with Crippen molar-refractivity contribution in [2.75, 3.05) is 13.2 Å². The number of esters is 1. The van der Waals surface area contributed by atoms with Gasteiger partial charge in [0.1, 0.15) is 0 Å². The first-order valence-electron chi connectivity index (χ1n) is 5.79. The molecule has 0 aliphatic carbocycles. The van der Waals surface area contributed by atoms with E-state index in [1.54, 1.807) is 19.2 Å². The summed E-state index contributed by atoms with van der Waals surface area (Å²) in [5, 5.41) is 0. The SMILES string of the molecule is CCOC(=O)COc1c(Br)ccnc1C(C)(C)C. The fraction of sp³-hybridized carbons (Fsp3) is 0.538. The van der Waals surface area contributed by atoms with Crippen molar-refractivity contribution in [3.05, 3.63) is 22.4 Å². The van der Waals surface area contributed by atoms with Gasteiger partial charge in [-0.3, -0.25) is 4.98 Å². The Morgan fingerprint density at radius 3 is 2.67 bits per heavy atom. The molecule has 0 fully saturated rings. The van der Waals surface area contributed by atoms with Crippen molar-refractivity contribution >= 4 is 21.9 Å². The number of nitrogens with zero attached hydrogens (tertiary/aromatic N) is 1. The summed E-state index contributed by atoms with van der Waals surface area (Å²) in [6, 6.07) is 1.79. The smallest absolute Gasteiger partial charge is 0.344 e. The highest BCUT2D eigenvalue weighted by atomic mass is 79.9. The standard InChI is InChI=1S/C13H18BrNO3/c1-5-17-10(16)8-18-11-9(14)6-7-15-12(11)13(2,3)4/h6-7H,5,8H2,1-4H3. The molecule has 0 radical (unpaired) electrons. The van der Waals surface area contributed by atoms with Crippen LogP contribution in [0.3, 0.4) is 0 Å². The number of hydrogen-bond donors (Lipinski definition) is 0. The monoisotopic (exact) mass is 315 g/mol. The molecule has 0 aliphatic heterocycles. The second kappa shape index (κ2) is 6.18. The van der Waals surface area contributed by atoms with Crippen LogP contribution in [0.25, 0.3) is 0 Å². The molecule has 0 spiro atoms. The van der Waals surface area contributed by atoms with E-state index in [0.717, 1.165) is 10.2 Å². The fourth-order valence-corrected chi connectivity index (χ4v) is 1.85. The molecule has 0 saturated heterocycles. The van der Waals surface area contributed by atoms with Crippen molar-refractivity contribution in [1.82, 2.24) is 4.98 Å². The van der Waals surface area contributed by atoms with Gasteiger partial charge in [-0.2, -0.15) is 0 Å². The molecule has 1 heterocycles. The molecule has 1 rings (SSSR count). The molecule has 0 bridgehead atoms. The van der Waals surface area contributed by atoms with Gasteiger partial charge in [0, 0.05) is 11.6 Å². The minimum absolute atomic E-state index is 0.110. The van der Waals surface area contributed by atoms with Crippen LogP contribution in [0, 0.1) is 0 Å². The van der Waals surface area contributed by atoms with Gasteiger partial charge in [-0.25, -0.2) is 4.79 Å². The highest BCUT2D eigenvalue weighted by molar-refractivity contribution is 9.10. The average Bonchev–Trinajstić information content (AvgIpc) is 2.26. The van der Waals surface area contributed by atoms with E-state index in [1.807, 2.05) is 20.8 Å². The topological polar surface area (TPSA) is 48.4 Å². The van der Waals surface area contributed by atoms with E-state index in [1.165, 1.54) is 0 Å². The molecule has 18 heavy (non-hydrogen) atoms. The van der Waals surface area contributed by atoms with Crippen LogP contribution < -0.4 is 4.74 Å². The maximum atomic E-state index is 11.3. The van der Waals surface area contributed by atoms with E-state index in [-0.39, 0.29) is 18.0 Å². The molecule has 0 unspecified atom stereocenters. The average molecular weight is 316 g/mol. The van der Waals surface area contributed by atoms with Gasteiger partial charge in [-0.15, -0.1) is 0 Å². The van der Waals surface area contributed by atoms with Gasteiger partial charge in [0.15, 0.2) is 12.4 Å². The minimum atomic E-state index is -0.381. The van der Waals surface area contributed by atoms with Gasteiger partial charge in [-0.05, 0) is 28.9 Å². The Morgan fingerprint density at radius 2 is 2.11 bits per heavy atom. The van der Waals surface area contributed by atoms with E-state index in [9.17, 15) is 4.79 Å². The van der Waals surface area contributed by atoms with Crippen LogP contribution in [0.1, 0.15) is 33.4 Å². The molecule has 100 valence electrons. The number of pyridine rings is 1. The molecule has 5 heteroatoms. The number of carbonyl (C=O) groups is 1. The second-order valence-corrected chi connectivity index (χ2v) is 5.67. The Balaban J connectivity index is 2.90. The van der Waals surface area contributed by atoms with Crippen molar-refractivity contribution in [3.63, 3.8) is 0 Å². The number of halogens is 1. The summed E-state index contributed by atoms with van der Waals surface area (Å²) in [6.45, 7) is 8.12. The summed E-state index contributed by atoms with van der Waals surface area (Å²) in [5.74, 6) is 0.214. The normalized spacial score (nSPS) is 11.2. The third-order valence-corrected chi connectivity index (χ3v) is 2.83. The Morgan fingerprint density at radius 1 is 1.44 bits per heavy atom. The zero-order valence-corrected chi connectivity index (χ0v) is 12.7. The Kier molecular flexibility index (Phi) is 5.14. The Hall–Kier alpha value is -1.10. The molecular formula is C13H18BrNO3. The predicted octanol–water partition coefficient (Wildman–Crippen LogP) is 3.08. The largest absolute Gasteiger partial charge is 0.479 e. The van der Waals surface area contributed by atoms with Crippen molar-refractivity contribution in [1.29, 1.82) is 0 Å². The first-order valence-corrected chi connectivity index (χ1v) is 6.59. The first-order chi connectivity index (χ1) is 8.36. The number of ether oxygens (including phenoxy) is 2. The Bertz CT molecular complexity index is 427. The summed E-state index contributed by atoms with van der Waals surface area (Å²) in [4.78, 5) is 15.6. The lowest BCUT2D eigenvalue weighted by Gasteiger charge is -2.21. The van der Waals surface area contributed by atoms with E-state index >= 15 is 0 Å². The van der Waals surface area contributed by atoms with Crippen LogP contribution in [-0.4, -0.2) is 24.2 Å². The van der Waals surface area contributed by atoms with E-state index < -0.39 is 0 Å². The van der Waals surface area contributed by atoms with E-state index in [4.69, 9.17) is 9.47 Å². The van der Waals surface area contributed by atoms with Gasteiger partial charge in [0.2, 0.25) is 0 Å². The third-order valence-electron chi connectivity index (χ3n) is 2.21. The first kappa shape index (κ1) is 15.0. The molecule has 0 aromatic carbocycles. The van der Waals surface area contributed by atoms with E-state index in [0.29, 0.717) is 12.4 Å². The quantitative estimate of drug-likeness (QED) is 0.801. The van der Waals surface area contributed by atoms with Crippen LogP contribution in [0.15, 0.2) is 16.7 Å². The van der Waals surface area contributed by atoms with Crippen LogP contribution in [0.2, 0.25) is 0 Å². The van der Waals surface area contributed by atoms with E-state index in [2.05, 4.69) is 20.9 Å². The summed E-state index contributed by atoms with van der Waals surface area (Å²) >= 11 is 3.41. The molecule has 1 aromatic heterocycles. The molecule has 0 atom stereocenters. The van der Waals surface area contributed by atoms with Gasteiger partial charge >= 0.3 is 5.97 Å². The van der Waals surface area contributed by atoms with Crippen LogP contribution in [-0.2, 0) is 14.9 Å². The lowest BCUT2D eigenvalue weighted by atomic mass is 9.91. The highest BCUT2D eigenvalue weighted by Crippen LogP contribution is 2.34. The molecule has 0 amide bonds. The molecular weight excluding hydrogens is 298 g/mol. The molecule has 0 N–H and O–H groups in total. The molecule has 1 aromatic rings. The number of carbonyl (C=O) groups excluding carboxylic acids is 1. The summed E-state index contributed by atoms with van der Waals surface area (Å²) in [7, 11) is 0. The van der Waals surface area contributed by atoms with Gasteiger partial charge in [0.25, 0.3) is 0 Å². The number of aromatic nitrogens is 1. The zero-order valence-electron chi connectivity index (χ0n) is 11.1. The van der Waals surface area contributed by atoms with Crippen molar-refractivity contribution in [2.24, 2.45) is 0 Å². The van der Waals surface area contributed by atoms with Crippen molar-refractivity contribution in [3.8, 4) is 5.75 Å². The van der Waals surface area contributed by atoms with Gasteiger partial charge in [0.05, 0.1) is 16.8 Å². The minimum Gasteiger partial charge on any atom is -0.479 e. The predicted molar refractivity (Wildman–Crippen MR) is 72.8 cm³/mol. The summed E-state index contributed by atoms with van der Waals surface area (Å²) in [6.07, 6.45) is 1.71. The van der Waals surface area contributed by atoms with Crippen LogP contribution in [0.4, 0.5) is 0 Å².